The molecule has 0 spiro atoms. The molecule has 0 aliphatic carbocycles. The van der Waals surface area contributed by atoms with Gasteiger partial charge in [0, 0.05) is 5.97 Å². The number of carbonyl (C=O) groups excluding carboxylic acids is 2. The van der Waals surface area contributed by atoms with Crippen molar-refractivity contribution in [3.8, 4) is 0 Å². The molecule has 0 aliphatic heterocycles. The van der Waals surface area contributed by atoms with Gasteiger partial charge in [-0.05, 0) is 6.92 Å². The van der Waals surface area contributed by atoms with Gasteiger partial charge in [0.05, 0.1) is 0 Å². The fraction of sp³-hybridized carbons (Fsp3) is 0.0476. The van der Waals surface area contributed by atoms with Crippen molar-refractivity contribution in [2.75, 3.05) is 0 Å². The standard InChI is InChI=1S/3C6H5.C2H4O2.CH4N2O.Sn/c3*1-2-4-6-5-3-1;1-2(3)4;2-1(3)4;/h3*1-5H;1H3,(H,3,4);(H4,2,3,4);/q;;;;;+1/p-1. The Hall–Kier alpha value is -2.80. The fourth-order valence-electron chi connectivity index (χ4n) is 2.31. The molecule has 0 fully saturated rings. The Morgan fingerprint density at radius 1 is 0.667 bits per heavy atom. The van der Waals surface area contributed by atoms with E-state index in [1.54, 1.807) is 0 Å². The van der Waals surface area contributed by atoms with Crippen LogP contribution in [0.25, 0.3) is 0 Å². The van der Waals surface area contributed by atoms with Gasteiger partial charge in [-0.15, -0.1) is 0 Å². The van der Waals surface area contributed by atoms with Gasteiger partial charge in [-0.3, -0.25) is 0 Å². The Morgan fingerprint density at radius 2 is 0.852 bits per heavy atom. The van der Waals surface area contributed by atoms with E-state index < -0.39 is 31.8 Å². The van der Waals surface area contributed by atoms with Crippen LogP contribution in [0.5, 0.6) is 0 Å². The number of carbonyl (C=O) groups is 2. The van der Waals surface area contributed by atoms with Crippen LogP contribution in [0.4, 0.5) is 4.79 Å². The van der Waals surface area contributed by atoms with Crippen molar-refractivity contribution in [2.45, 2.75) is 6.92 Å². The van der Waals surface area contributed by atoms with E-state index in [9.17, 15) is 0 Å². The van der Waals surface area contributed by atoms with Crippen LogP contribution in [-0.4, -0.2) is 31.8 Å². The number of carboxylic acids is 1. The average molecular weight is 469 g/mol. The summed E-state index contributed by atoms with van der Waals surface area (Å²) in [6.45, 7) is 0.972. The first-order valence-corrected chi connectivity index (χ1v) is 12.5. The average Bonchev–Trinajstić information content (AvgIpc) is 2.64. The maximum atomic E-state index is 9.00. The zero-order valence-electron chi connectivity index (χ0n) is 15.0. The molecular formula is C21H22N2O3Sn. The summed E-state index contributed by atoms with van der Waals surface area (Å²) in [7, 11) is 0. The molecule has 0 unspecified atom stereocenters. The number of carboxylic acid groups (broad SMARTS) is 1. The molecule has 2 amide bonds. The Labute approximate surface area is 166 Å². The van der Waals surface area contributed by atoms with Crippen molar-refractivity contribution >= 4 is 42.5 Å². The van der Waals surface area contributed by atoms with Gasteiger partial charge >= 0.3 is 128 Å². The molecule has 0 atom stereocenters. The number of aliphatic carboxylic acids is 1. The van der Waals surface area contributed by atoms with E-state index >= 15 is 0 Å². The first-order chi connectivity index (χ1) is 12.9. The van der Waals surface area contributed by atoms with Gasteiger partial charge in [0.1, 0.15) is 0 Å². The van der Waals surface area contributed by atoms with Crippen LogP contribution >= 0.6 is 0 Å². The molecule has 6 heteroatoms. The number of primary amides is 2. The SMILES string of the molecule is CC(=O)[O-].NC(N)=O.c1cc[c]([Sn+]([c]2ccccc2)[c]2ccccc2)cc1. The van der Waals surface area contributed by atoms with Crippen molar-refractivity contribution in [1.29, 1.82) is 0 Å². The maximum absolute atomic E-state index is 9.00. The summed E-state index contributed by atoms with van der Waals surface area (Å²) in [6.07, 6.45) is 0. The van der Waals surface area contributed by atoms with Crippen LogP contribution in [0.1, 0.15) is 6.92 Å². The molecular weight excluding hydrogens is 447 g/mol. The zero-order chi connectivity index (χ0) is 20.1. The van der Waals surface area contributed by atoms with Gasteiger partial charge in [0.2, 0.25) is 0 Å². The summed E-state index contributed by atoms with van der Waals surface area (Å²) in [5.41, 5.74) is 8.50. The van der Waals surface area contributed by atoms with E-state index in [1.165, 1.54) is 10.7 Å². The molecule has 0 radical (unpaired) electrons. The van der Waals surface area contributed by atoms with Crippen LogP contribution in [0.2, 0.25) is 0 Å². The molecule has 0 saturated heterocycles. The number of amides is 2. The van der Waals surface area contributed by atoms with Crippen LogP contribution in [0.3, 0.4) is 0 Å². The summed E-state index contributed by atoms with van der Waals surface area (Å²) in [4.78, 5) is 17.9. The van der Waals surface area contributed by atoms with Crippen molar-refractivity contribution in [3.05, 3.63) is 91.0 Å². The second-order valence-electron chi connectivity index (χ2n) is 5.37. The van der Waals surface area contributed by atoms with Gasteiger partial charge < -0.3 is 21.4 Å². The number of urea groups is 1. The van der Waals surface area contributed by atoms with E-state index in [0.29, 0.717) is 0 Å². The Kier molecular flexibility index (Phi) is 10.3. The van der Waals surface area contributed by atoms with E-state index in [4.69, 9.17) is 14.7 Å². The van der Waals surface area contributed by atoms with Crippen LogP contribution < -0.4 is 27.3 Å². The number of benzene rings is 3. The number of hydrogen-bond donors (Lipinski definition) is 2. The summed E-state index contributed by atoms with van der Waals surface area (Å²) >= 11 is -1.98. The summed E-state index contributed by atoms with van der Waals surface area (Å²) < 4.78 is 4.59. The van der Waals surface area contributed by atoms with Gasteiger partial charge in [-0.1, -0.05) is 0 Å². The van der Waals surface area contributed by atoms with Crippen LogP contribution in [0, 0.1) is 0 Å². The molecule has 27 heavy (non-hydrogen) atoms. The zero-order valence-corrected chi connectivity index (χ0v) is 17.9. The topological polar surface area (TPSA) is 109 Å². The summed E-state index contributed by atoms with van der Waals surface area (Å²) in [6, 6.07) is 32.1. The molecule has 3 aromatic rings. The third-order valence-corrected chi connectivity index (χ3v) is 11.0. The van der Waals surface area contributed by atoms with E-state index in [0.717, 1.165) is 6.92 Å². The molecule has 0 saturated carbocycles. The van der Waals surface area contributed by atoms with Crippen LogP contribution in [-0.2, 0) is 4.79 Å². The van der Waals surface area contributed by atoms with Crippen LogP contribution in [0.15, 0.2) is 91.0 Å². The molecule has 0 aromatic heterocycles. The molecule has 0 heterocycles. The fourth-order valence-corrected chi connectivity index (χ4v) is 9.67. The second kappa shape index (κ2) is 12.5. The third kappa shape index (κ3) is 9.46. The molecule has 4 N–H and O–H groups in total. The third-order valence-electron chi connectivity index (χ3n) is 3.19. The predicted molar refractivity (Wildman–Crippen MR) is 108 cm³/mol. The monoisotopic (exact) mass is 470 g/mol. The van der Waals surface area contributed by atoms with E-state index in [2.05, 4.69) is 102 Å². The second-order valence-corrected chi connectivity index (χ2v) is 12.5. The molecule has 138 valence electrons. The minimum atomic E-state index is -1.98. The van der Waals surface area contributed by atoms with E-state index in [1.807, 2.05) is 0 Å². The predicted octanol–water partition coefficient (Wildman–Crippen LogP) is -0.0172. The van der Waals surface area contributed by atoms with Crippen molar-refractivity contribution in [1.82, 2.24) is 0 Å². The molecule has 0 bridgehead atoms. The summed E-state index contributed by atoms with van der Waals surface area (Å²) in [5.74, 6) is -1.08. The minimum absolute atomic E-state index is 0.833. The Balaban J connectivity index is 0.000000390. The molecule has 3 aromatic carbocycles. The van der Waals surface area contributed by atoms with Gasteiger partial charge in [-0.25, -0.2) is 4.79 Å². The molecule has 3 rings (SSSR count). The quantitative estimate of drug-likeness (QED) is 0.527. The van der Waals surface area contributed by atoms with Gasteiger partial charge in [-0.2, -0.15) is 0 Å². The Bertz CT molecular complexity index is 699. The number of rotatable bonds is 3. The van der Waals surface area contributed by atoms with E-state index in [-0.39, 0.29) is 0 Å². The van der Waals surface area contributed by atoms with Crippen molar-refractivity contribution < 1.29 is 14.7 Å². The first-order valence-electron chi connectivity index (χ1n) is 8.17. The summed E-state index contributed by atoms with van der Waals surface area (Å²) in [5, 5.41) is 8.89. The number of hydrogen-bond acceptors (Lipinski definition) is 3. The normalized spacial score (nSPS) is 8.93. The number of nitrogens with two attached hydrogens (primary N) is 2. The first kappa shape index (κ1) is 22.2. The van der Waals surface area contributed by atoms with Gasteiger partial charge in [0.15, 0.2) is 0 Å². The molecule has 5 nitrogen and oxygen atoms in total. The van der Waals surface area contributed by atoms with Crippen molar-refractivity contribution in [2.24, 2.45) is 11.5 Å². The van der Waals surface area contributed by atoms with Crippen molar-refractivity contribution in [3.63, 3.8) is 0 Å². The Morgan fingerprint density at radius 3 is 1.04 bits per heavy atom. The molecule has 0 aliphatic rings. The van der Waals surface area contributed by atoms with Gasteiger partial charge in [0.25, 0.3) is 0 Å².